The fourth-order valence-electron chi connectivity index (χ4n) is 3.52. The van der Waals surface area contributed by atoms with Gasteiger partial charge < -0.3 is 14.3 Å². The van der Waals surface area contributed by atoms with Gasteiger partial charge in [-0.1, -0.05) is 36.4 Å². The second-order valence-electron chi connectivity index (χ2n) is 7.26. The lowest BCUT2D eigenvalue weighted by atomic mass is 10.1. The number of hydrogen-bond acceptors (Lipinski definition) is 3. The van der Waals surface area contributed by atoms with Gasteiger partial charge in [-0.2, -0.15) is 0 Å². The highest BCUT2D eigenvalue weighted by atomic mass is 19.1. The Kier molecular flexibility index (Phi) is 5.23. The molecule has 4 rings (SSSR count). The van der Waals surface area contributed by atoms with Crippen LogP contribution in [-0.4, -0.2) is 10.5 Å². The van der Waals surface area contributed by atoms with E-state index in [1.807, 2.05) is 31.2 Å². The summed E-state index contributed by atoms with van der Waals surface area (Å²) < 4.78 is 20.3. The lowest BCUT2D eigenvalue weighted by Crippen LogP contribution is -2.26. The standard InChI is InChI=1S/C24H21FN2O3/c1-15-5-3-4-6-18(15)13-26-23(28)21-16(2)30-20-11-12-27(24(29)22(20)21)14-17-7-9-19(25)10-8-17/h3-12H,13-14H2,1-2H3,(H,26,28). The number of nitrogens with one attached hydrogen (secondary N) is 1. The van der Waals surface area contributed by atoms with Gasteiger partial charge in [0.1, 0.15) is 17.2 Å². The van der Waals surface area contributed by atoms with Crippen LogP contribution in [0.25, 0.3) is 11.0 Å². The van der Waals surface area contributed by atoms with E-state index in [1.165, 1.54) is 16.7 Å². The zero-order valence-corrected chi connectivity index (χ0v) is 16.7. The summed E-state index contributed by atoms with van der Waals surface area (Å²) in [7, 11) is 0. The highest BCUT2D eigenvalue weighted by Crippen LogP contribution is 2.23. The van der Waals surface area contributed by atoms with Crippen LogP contribution in [0.5, 0.6) is 0 Å². The van der Waals surface area contributed by atoms with E-state index in [1.54, 1.807) is 31.3 Å². The predicted octanol–water partition coefficient (Wildman–Crippen LogP) is 4.33. The molecule has 0 unspecified atom stereocenters. The summed E-state index contributed by atoms with van der Waals surface area (Å²) in [6, 6.07) is 15.4. The molecule has 2 aromatic carbocycles. The molecular formula is C24H21FN2O3. The molecule has 2 aromatic heterocycles. The van der Waals surface area contributed by atoms with Crippen LogP contribution >= 0.6 is 0 Å². The Morgan fingerprint density at radius 2 is 1.80 bits per heavy atom. The van der Waals surface area contributed by atoms with Crippen molar-refractivity contribution in [2.45, 2.75) is 26.9 Å². The number of pyridine rings is 1. The molecule has 0 bridgehead atoms. The summed E-state index contributed by atoms with van der Waals surface area (Å²) in [5.74, 6) is -0.297. The third kappa shape index (κ3) is 3.76. The van der Waals surface area contributed by atoms with E-state index in [0.717, 1.165) is 16.7 Å². The first kappa shape index (κ1) is 19.6. The van der Waals surface area contributed by atoms with Crippen molar-refractivity contribution in [1.82, 2.24) is 9.88 Å². The van der Waals surface area contributed by atoms with Crippen LogP contribution in [0, 0.1) is 19.7 Å². The molecule has 0 spiro atoms. The Hall–Kier alpha value is -3.67. The predicted molar refractivity (Wildman–Crippen MR) is 113 cm³/mol. The van der Waals surface area contributed by atoms with Gasteiger partial charge in [0, 0.05) is 12.7 Å². The minimum absolute atomic E-state index is 0.247. The molecule has 4 aromatic rings. The van der Waals surface area contributed by atoms with Crippen molar-refractivity contribution in [1.29, 1.82) is 0 Å². The molecule has 5 nitrogen and oxygen atoms in total. The van der Waals surface area contributed by atoms with Gasteiger partial charge in [0.15, 0.2) is 0 Å². The van der Waals surface area contributed by atoms with Crippen molar-refractivity contribution in [3.05, 3.63) is 105 Å². The molecule has 1 N–H and O–H groups in total. The Bertz CT molecular complexity index is 1290. The molecule has 30 heavy (non-hydrogen) atoms. The minimum Gasteiger partial charge on any atom is -0.460 e. The van der Waals surface area contributed by atoms with Gasteiger partial charge in [0.2, 0.25) is 0 Å². The summed E-state index contributed by atoms with van der Waals surface area (Å²) >= 11 is 0. The van der Waals surface area contributed by atoms with E-state index >= 15 is 0 Å². The van der Waals surface area contributed by atoms with Crippen molar-refractivity contribution in [3.8, 4) is 0 Å². The van der Waals surface area contributed by atoms with Crippen LogP contribution in [0.4, 0.5) is 4.39 Å². The van der Waals surface area contributed by atoms with Crippen molar-refractivity contribution in [2.24, 2.45) is 0 Å². The topological polar surface area (TPSA) is 64.2 Å². The van der Waals surface area contributed by atoms with E-state index in [0.29, 0.717) is 17.9 Å². The number of carbonyl (C=O) groups is 1. The Morgan fingerprint density at radius 1 is 1.07 bits per heavy atom. The second-order valence-corrected chi connectivity index (χ2v) is 7.26. The van der Waals surface area contributed by atoms with Crippen LogP contribution in [0.3, 0.4) is 0 Å². The molecule has 2 heterocycles. The van der Waals surface area contributed by atoms with Gasteiger partial charge in [0.05, 0.1) is 17.5 Å². The highest BCUT2D eigenvalue weighted by molar-refractivity contribution is 6.06. The number of carbonyl (C=O) groups excluding carboxylic acids is 1. The number of fused-ring (bicyclic) bond motifs is 1. The number of halogens is 1. The number of benzene rings is 2. The summed E-state index contributed by atoms with van der Waals surface area (Å²) in [6.07, 6.45) is 1.62. The molecule has 0 atom stereocenters. The quantitative estimate of drug-likeness (QED) is 0.539. The molecule has 0 aliphatic carbocycles. The molecule has 0 saturated carbocycles. The SMILES string of the molecule is Cc1ccccc1CNC(=O)c1c(C)oc2ccn(Cc3ccc(F)cc3)c(=O)c12. The fraction of sp³-hybridized carbons (Fsp3) is 0.167. The maximum absolute atomic E-state index is 13.2. The van der Waals surface area contributed by atoms with Crippen LogP contribution < -0.4 is 10.9 Å². The Morgan fingerprint density at radius 3 is 2.53 bits per heavy atom. The second kappa shape index (κ2) is 7.99. The summed E-state index contributed by atoms with van der Waals surface area (Å²) in [5, 5.41) is 3.14. The molecule has 0 aliphatic heterocycles. The van der Waals surface area contributed by atoms with Crippen molar-refractivity contribution in [3.63, 3.8) is 0 Å². The number of amides is 1. The van der Waals surface area contributed by atoms with Crippen LogP contribution in [-0.2, 0) is 13.1 Å². The van der Waals surface area contributed by atoms with Gasteiger partial charge in [-0.05, 0) is 48.7 Å². The van der Waals surface area contributed by atoms with Crippen LogP contribution in [0.1, 0.15) is 32.8 Å². The number of furan rings is 1. The number of rotatable bonds is 5. The number of aryl methyl sites for hydroxylation is 2. The molecule has 0 saturated heterocycles. The molecule has 0 aliphatic rings. The lowest BCUT2D eigenvalue weighted by Gasteiger charge is -2.08. The molecule has 6 heteroatoms. The maximum atomic E-state index is 13.2. The Balaban J connectivity index is 1.66. The molecule has 0 fully saturated rings. The van der Waals surface area contributed by atoms with Gasteiger partial charge in [-0.15, -0.1) is 0 Å². The third-order valence-corrected chi connectivity index (χ3v) is 5.19. The average molecular weight is 404 g/mol. The maximum Gasteiger partial charge on any atom is 0.262 e. The van der Waals surface area contributed by atoms with E-state index in [9.17, 15) is 14.0 Å². The molecular weight excluding hydrogens is 383 g/mol. The van der Waals surface area contributed by atoms with E-state index < -0.39 is 0 Å². The van der Waals surface area contributed by atoms with Crippen molar-refractivity contribution in [2.75, 3.05) is 0 Å². The number of aromatic nitrogens is 1. The van der Waals surface area contributed by atoms with E-state index in [4.69, 9.17) is 4.42 Å². The zero-order chi connectivity index (χ0) is 21.3. The fourth-order valence-corrected chi connectivity index (χ4v) is 3.52. The molecule has 0 radical (unpaired) electrons. The van der Waals surface area contributed by atoms with Crippen LogP contribution in [0.15, 0.2) is 70.0 Å². The van der Waals surface area contributed by atoms with Gasteiger partial charge in [-0.25, -0.2) is 4.39 Å². The third-order valence-electron chi connectivity index (χ3n) is 5.19. The van der Waals surface area contributed by atoms with Gasteiger partial charge in [0.25, 0.3) is 11.5 Å². The first-order chi connectivity index (χ1) is 14.4. The summed E-state index contributed by atoms with van der Waals surface area (Å²) in [6.45, 7) is 4.28. The van der Waals surface area contributed by atoms with E-state index in [2.05, 4.69) is 5.32 Å². The normalized spacial score (nSPS) is 11.0. The van der Waals surface area contributed by atoms with Gasteiger partial charge in [-0.3, -0.25) is 9.59 Å². The van der Waals surface area contributed by atoms with E-state index in [-0.39, 0.29) is 34.8 Å². The van der Waals surface area contributed by atoms with Gasteiger partial charge >= 0.3 is 0 Å². The van der Waals surface area contributed by atoms with Crippen molar-refractivity contribution < 1.29 is 13.6 Å². The van der Waals surface area contributed by atoms with Crippen molar-refractivity contribution >= 4 is 16.9 Å². The summed E-state index contributed by atoms with van der Waals surface area (Å²) in [4.78, 5) is 26.0. The number of nitrogens with zero attached hydrogens (tertiary/aromatic N) is 1. The largest absolute Gasteiger partial charge is 0.460 e. The average Bonchev–Trinajstić information content (AvgIpc) is 3.07. The monoisotopic (exact) mass is 404 g/mol. The molecule has 1 amide bonds. The zero-order valence-electron chi connectivity index (χ0n) is 16.7. The Labute approximate surface area is 172 Å². The lowest BCUT2D eigenvalue weighted by molar-refractivity contribution is 0.0950. The van der Waals surface area contributed by atoms with Crippen LogP contribution in [0.2, 0.25) is 0 Å². The minimum atomic E-state index is -0.355. The first-order valence-electron chi connectivity index (χ1n) is 9.63. The highest BCUT2D eigenvalue weighted by Gasteiger charge is 2.22. The summed E-state index contributed by atoms with van der Waals surface area (Å²) in [5.41, 5.74) is 3.16. The smallest absolute Gasteiger partial charge is 0.262 e. The first-order valence-corrected chi connectivity index (χ1v) is 9.63. The number of hydrogen-bond donors (Lipinski definition) is 1. The molecule has 152 valence electrons.